The van der Waals surface area contributed by atoms with Gasteiger partial charge in [-0.25, -0.2) is 13.6 Å². The fourth-order valence-electron chi connectivity index (χ4n) is 1.80. The van der Waals surface area contributed by atoms with Crippen LogP contribution in [0.5, 0.6) is 0 Å². The van der Waals surface area contributed by atoms with E-state index < -0.39 is 10.0 Å². The Labute approximate surface area is 122 Å². The first-order valence-electron chi connectivity index (χ1n) is 6.06. The minimum Gasteiger partial charge on any atom is -0.398 e. The molecule has 5 N–H and O–H groups in total. The van der Waals surface area contributed by atoms with Gasteiger partial charge in [0.15, 0.2) is 0 Å². The first-order chi connectivity index (χ1) is 9.38. The summed E-state index contributed by atoms with van der Waals surface area (Å²) in [5.74, 6) is 0. The number of nitrogen functional groups attached to an aromatic ring is 1. The fourth-order valence-corrected chi connectivity index (χ4v) is 3.07. The van der Waals surface area contributed by atoms with Crippen molar-refractivity contribution in [1.82, 2.24) is 5.32 Å². The molecule has 20 heavy (non-hydrogen) atoms. The number of thiophene rings is 1. The van der Waals surface area contributed by atoms with Crippen LogP contribution in [0.1, 0.15) is 23.4 Å². The van der Waals surface area contributed by atoms with E-state index in [9.17, 15) is 8.42 Å². The Hall–Kier alpha value is -1.41. The molecule has 1 atom stereocenters. The van der Waals surface area contributed by atoms with E-state index in [1.165, 1.54) is 12.1 Å². The molecular weight excluding hydrogens is 294 g/mol. The highest BCUT2D eigenvalue weighted by molar-refractivity contribution is 7.89. The van der Waals surface area contributed by atoms with Gasteiger partial charge in [0.1, 0.15) is 0 Å². The van der Waals surface area contributed by atoms with E-state index in [2.05, 4.69) is 5.32 Å². The molecule has 0 amide bonds. The molecule has 0 aliphatic heterocycles. The van der Waals surface area contributed by atoms with E-state index in [0.29, 0.717) is 6.54 Å². The van der Waals surface area contributed by atoms with Crippen molar-refractivity contribution in [3.8, 4) is 0 Å². The van der Waals surface area contributed by atoms with Crippen molar-refractivity contribution in [3.63, 3.8) is 0 Å². The summed E-state index contributed by atoms with van der Waals surface area (Å²) in [6.07, 6.45) is 0. The number of rotatable bonds is 5. The smallest absolute Gasteiger partial charge is 0.238 e. The molecule has 0 radical (unpaired) electrons. The summed E-state index contributed by atoms with van der Waals surface area (Å²) in [5, 5.41) is 10.4. The molecule has 2 aromatic rings. The Morgan fingerprint density at radius 1 is 1.25 bits per heavy atom. The average molecular weight is 311 g/mol. The van der Waals surface area contributed by atoms with Gasteiger partial charge in [-0.3, -0.25) is 0 Å². The van der Waals surface area contributed by atoms with Crippen molar-refractivity contribution in [1.29, 1.82) is 0 Å². The maximum Gasteiger partial charge on any atom is 0.238 e. The van der Waals surface area contributed by atoms with Crippen molar-refractivity contribution >= 4 is 27.0 Å². The third-order valence-corrected chi connectivity index (χ3v) is 4.92. The van der Waals surface area contributed by atoms with E-state index in [4.69, 9.17) is 10.9 Å². The Balaban J connectivity index is 2.03. The van der Waals surface area contributed by atoms with Crippen LogP contribution < -0.4 is 16.2 Å². The molecule has 1 unspecified atom stereocenters. The van der Waals surface area contributed by atoms with E-state index in [1.54, 1.807) is 23.5 Å². The Bertz CT molecular complexity index is 678. The van der Waals surface area contributed by atoms with Crippen LogP contribution in [0.3, 0.4) is 0 Å². The molecule has 5 nitrogen and oxygen atoms in total. The second-order valence-electron chi connectivity index (χ2n) is 4.52. The maximum absolute atomic E-state index is 11.2. The van der Waals surface area contributed by atoms with Crippen LogP contribution >= 0.6 is 11.3 Å². The molecule has 0 aliphatic rings. The monoisotopic (exact) mass is 311 g/mol. The number of nitrogens with one attached hydrogen (secondary N) is 1. The number of benzene rings is 1. The molecule has 108 valence electrons. The van der Waals surface area contributed by atoms with Gasteiger partial charge >= 0.3 is 0 Å². The lowest BCUT2D eigenvalue weighted by Gasteiger charge is -2.14. The van der Waals surface area contributed by atoms with Crippen molar-refractivity contribution in [3.05, 3.63) is 46.2 Å². The molecule has 1 aromatic heterocycles. The molecular formula is C13H17N3O2S2. The minimum absolute atomic E-state index is 0.0889. The number of hydrogen-bond acceptors (Lipinski definition) is 5. The maximum atomic E-state index is 11.2. The third kappa shape index (κ3) is 3.57. The summed E-state index contributed by atoms with van der Waals surface area (Å²) in [6.45, 7) is 2.69. The van der Waals surface area contributed by atoms with Gasteiger partial charge in [-0.15, -0.1) is 11.3 Å². The van der Waals surface area contributed by atoms with Crippen LogP contribution in [-0.4, -0.2) is 8.42 Å². The Morgan fingerprint density at radius 3 is 2.40 bits per heavy atom. The number of anilines is 1. The van der Waals surface area contributed by atoms with Gasteiger partial charge in [0.2, 0.25) is 10.0 Å². The second-order valence-corrected chi connectivity index (χ2v) is 7.08. The summed E-state index contributed by atoms with van der Waals surface area (Å²) < 4.78 is 22.4. The van der Waals surface area contributed by atoms with Crippen LogP contribution in [0.15, 0.2) is 40.6 Å². The summed E-state index contributed by atoms with van der Waals surface area (Å²) in [4.78, 5) is 1.22. The average Bonchev–Trinajstić information content (AvgIpc) is 2.81. The lowest BCUT2D eigenvalue weighted by molar-refractivity contribution is 0.578. The molecule has 0 aliphatic carbocycles. The number of nitrogens with two attached hydrogens (primary N) is 2. The van der Waals surface area contributed by atoms with Gasteiger partial charge in [0.05, 0.1) is 4.90 Å². The lowest BCUT2D eigenvalue weighted by atomic mass is 10.1. The summed E-state index contributed by atoms with van der Waals surface area (Å²) >= 11 is 1.61. The largest absolute Gasteiger partial charge is 0.398 e. The number of sulfonamides is 1. The summed E-state index contributed by atoms with van der Waals surface area (Å²) in [6, 6.07) is 8.52. The zero-order valence-corrected chi connectivity index (χ0v) is 12.7. The van der Waals surface area contributed by atoms with E-state index in [0.717, 1.165) is 16.1 Å². The minimum atomic E-state index is -3.63. The van der Waals surface area contributed by atoms with Gasteiger partial charge < -0.3 is 11.1 Å². The quantitative estimate of drug-likeness (QED) is 0.784. The highest BCUT2D eigenvalue weighted by atomic mass is 32.2. The first-order valence-corrected chi connectivity index (χ1v) is 8.48. The number of hydrogen-bond donors (Lipinski definition) is 3. The van der Waals surface area contributed by atoms with E-state index >= 15 is 0 Å². The highest BCUT2D eigenvalue weighted by Crippen LogP contribution is 2.21. The van der Waals surface area contributed by atoms with Crippen LogP contribution in [0.2, 0.25) is 0 Å². The van der Waals surface area contributed by atoms with Crippen molar-refractivity contribution in [2.45, 2.75) is 24.4 Å². The Kier molecular flexibility index (Phi) is 4.44. The second kappa shape index (κ2) is 5.92. The third-order valence-electron chi connectivity index (χ3n) is 3.06. The van der Waals surface area contributed by atoms with Crippen LogP contribution in [-0.2, 0) is 16.6 Å². The molecule has 7 heteroatoms. The fraction of sp³-hybridized carbons (Fsp3) is 0.231. The van der Waals surface area contributed by atoms with Gasteiger partial charge in [-0.05, 0) is 36.1 Å². The van der Waals surface area contributed by atoms with E-state index in [1.807, 2.05) is 18.4 Å². The van der Waals surface area contributed by atoms with Gasteiger partial charge in [-0.2, -0.15) is 0 Å². The van der Waals surface area contributed by atoms with Crippen molar-refractivity contribution in [2.75, 3.05) is 5.73 Å². The predicted molar refractivity (Wildman–Crippen MR) is 81.8 cm³/mol. The molecule has 2 rings (SSSR count). The SMILES string of the molecule is CC(NCc1sccc1N)c1ccc(S(N)(=O)=O)cc1. The molecule has 0 fully saturated rings. The normalized spacial score (nSPS) is 13.3. The summed E-state index contributed by atoms with van der Waals surface area (Å²) in [7, 11) is -3.63. The molecule has 0 spiro atoms. The molecule has 0 saturated carbocycles. The summed E-state index contributed by atoms with van der Waals surface area (Å²) in [5.41, 5.74) is 7.61. The Morgan fingerprint density at radius 2 is 1.90 bits per heavy atom. The van der Waals surface area contributed by atoms with Crippen molar-refractivity contribution < 1.29 is 8.42 Å². The van der Waals surface area contributed by atoms with E-state index in [-0.39, 0.29) is 10.9 Å². The van der Waals surface area contributed by atoms with Crippen molar-refractivity contribution in [2.24, 2.45) is 5.14 Å². The van der Waals surface area contributed by atoms with Gasteiger partial charge in [0, 0.05) is 23.2 Å². The molecule has 0 bridgehead atoms. The number of primary sulfonamides is 1. The van der Waals surface area contributed by atoms with Gasteiger partial charge in [-0.1, -0.05) is 12.1 Å². The molecule has 1 heterocycles. The predicted octanol–water partition coefficient (Wildman–Crippen LogP) is 1.83. The lowest BCUT2D eigenvalue weighted by Crippen LogP contribution is -2.18. The standard InChI is InChI=1S/C13H17N3O2S2/c1-9(16-8-13-12(14)6-7-19-13)10-2-4-11(5-3-10)20(15,17)18/h2-7,9,16H,8,14H2,1H3,(H2,15,17,18). The highest BCUT2D eigenvalue weighted by Gasteiger charge is 2.10. The van der Waals surface area contributed by atoms with Crippen LogP contribution in [0.25, 0.3) is 0 Å². The zero-order valence-electron chi connectivity index (χ0n) is 11.0. The first kappa shape index (κ1) is 15.0. The van der Waals surface area contributed by atoms with Gasteiger partial charge in [0.25, 0.3) is 0 Å². The van der Waals surface area contributed by atoms with Crippen LogP contribution in [0.4, 0.5) is 5.69 Å². The van der Waals surface area contributed by atoms with Crippen LogP contribution in [0, 0.1) is 0 Å². The molecule has 1 aromatic carbocycles. The zero-order chi connectivity index (χ0) is 14.8. The topological polar surface area (TPSA) is 98.2 Å². The molecule has 0 saturated heterocycles.